The predicted octanol–water partition coefficient (Wildman–Crippen LogP) is 6.13. The van der Waals surface area contributed by atoms with Gasteiger partial charge in [-0.1, -0.05) is 59.9 Å². The second kappa shape index (κ2) is 8.51. The van der Waals surface area contributed by atoms with Gasteiger partial charge in [0.15, 0.2) is 10.3 Å². The van der Waals surface area contributed by atoms with E-state index >= 15 is 0 Å². The first-order valence-electron chi connectivity index (χ1n) is 9.51. The number of imidazole rings is 2. The van der Waals surface area contributed by atoms with E-state index in [0.717, 1.165) is 15.4 Å². The molecule has 29 heavy (non-hydrogen) atoms. The van der Waals surface area contributed by atoms with Crippen molar-refractivity contribution in [3.05, 3.63) is 83.4 Å². The lowest BCUT2D eigenvalue weighted by Crippen LogP contribution is -2.02. The quantitative estimate of drug-likeness (QED) is 0.277. The molecule has 4 nitrogen and oxygen atoms in total. The van der Waals surface area contributed by atoms with Crippen LogP contribution in [0.15, 0.2) is 71.5 Å². The van der Waals surface area contributed by atoms with Gasteiger partial charge in [-0.3, -0.25) is 9.13 Å². The first-order chi connectivity index (χ1) is 14.1. The van der Waals surface area contributed by atoms with E-state index in [1.165, 1.54) is 33.6 Å². The molecule has 0 unspecified atom stereocenters. The fourth-order valence-electron chi connectivity index (χ4n) is 3.64. The molecule has 0 radical (unpaired) electrons. The first kappa shape index (κ1) is 19.9. The van der Waals surface area contributed by atoms with Crippen LogP contribution in [-0.4, -0.2) is 24.2 Å². The van der Waals surface area contributed by atoms with Crippen molar-refractivity contribution in [1.82, 2.24) is 19.1 Å². The Kier molecular flexibility index (Phi) is 5.83. The number of thioether (sulfide) groups is 2. The zero-order valence-corrected chi connectivity index (χ0v) is 18.7. The van der Waals surface area contributed by atoms with Gasteiger partial charge in [0.05, 0.1) is 16.5 Å². The number of nitrogens with zero attached hydrogens (tertiary/aromatic N) is 4. The number of aromatic nitrogens is 4. The average Bonchev–Trinajstić information content (AvgIpc) is 3.32. The molecule has 6 heteroatoms. The molecule has 0 spiro atoms. The van der Waals surface area contributed by atoms with E-state index in [0.29, 0.717) is 0 Å². The molecule has 0 N–H and O–H groups in total. The van der Waals surface area contributed by atoms with Gasteiger partial charge in [0.2, 0.25) is 0 Å². The molecule has 0 atom stereocenters. The molecule has 148 valence electrons. The molecule has 0 aliphatic heterocycles. The van der Waals surface area contributed by atoms with Gasteiger partial charge in [-0.25, -0.2) is 9.97 Å². The van der Waals surface area contributed by atoms with Gasteiger partial charge < -0.3 is 0 Å². The third-order valence-corrected chi connectivity index (χ3v) is 7.01. The predicted molar refractivity (Wildman–Crippen MR) is 123 cm³/mol. The van der Waals surface area contributed by atoms with Crippen LogP contribution < -0.4 is 0 Å². The summed E-state index contributed by atoms with van der Waals surface area (Å²) in [4.78, 5) is 9.18. The third-order valence-electron chi connectivity index (χ3n) is 4.95. The second-order valence-corrected chi connectivity index (χ2v) is 9.30. The van der Waals surface area contributed by atoms with Crippen molar-refractivity contribution < 1.29 is 0 Å². The molecular formula is C23H24N4S2. The van der Waals surface area contributed by atoms with Crippen LogP contribution >= 0.6 is 23.5 Å². The molecule has 0 aliphatic carbocycles. The normalized spacial score (nSPS) is 11.2. The zero-order chi connectivity index (χ0) is 20.4. The first-order valence-corrected chi connectivity index (χ1v) is 11.5. The van der Waals surface area contributed by atoms with Crippen molar-refractivity contribution >= 4 is 23.5 Å². The molecule has 2 aromatic heterocycles. The summed E-state index contributed by atoms with van der Waals surface area (Å²) in [7, 11) is 0. The van der Waals surface area contributed by atoms with Gasteiger partial charge in [0.25, 0.3) is 0 Å². The highest BCUT2D eigenvalue weighted by molar-refractivity contribution is 8.15. The maximum Gasteiger partial charge on any atom is 0.173 e. The Morgan fingerprint density at radius 3 is 1.41 bits per heavy atom. The highest BCUT2D eigenvalue weighted by atomic mass is 32.2. The molecule has 0 fully saturated rings. The van der Waals surface area contributed by atoms with Crippen LogP contribution in [0, 0.1) is 27.7 Å². The van der Waals surface area contributed by atoms with Crippen LogP contribution in [0.4, 0.5) is 0 Å². The fraction of sp³-hybridized carbons (Fsp3) is 0.217. The summed E-state index contributed by atoms with van der Waals surface area (Å²) >= 11 is 3.48. The summed E-state index contributed by atoms with van der Waals surface area (Å²) in [5, 5.41) is 2.84. The Labute approximate surface area is 180 Å². The highest BCUT2D eigenvalue weighted by Crippen LogP contribution is 2.31. The van der Waals surface area contributed by atoms with Gasteiger partial charge in [-0.05, 0) is 49.9 Å². The van der Waals surface area contributed by atoms with Crippen molar-refractivity contribution in [3.63, 3.8) is 0 Å². The van der Waals surface area contributed by atoms with E-state index in [4.69, 9.17) is 0 Å². The number of hydrogen-bond acceptors (Lipinski definition) is 4. The minimum absolute atomic E-state index is 0.837. The van der Waals surface area contributed by atoms with Gasteiger partial charge in [0, 0.05) is 24.8 Å². The minimum atomic E-state index is 0.837. The summed E-state index contributed by atoms with van der Waals surface area (Å²) < 4.78 is 4.38. The third kappa shape index (κ3) is 4.00. The summed E-state index contributed by atoms with van der Waals surface area (Å²) in [5.74, 6) is 0. The summed E-state index contributed by atoms with van der Waals surface area (Å²) in [5.41, 5.74) is 7.45. The fourth-order valence-corrected chi connectivity index (χ4v) is 5.57. The number of hydrogen-bond donors (Lipinski definition) is 0. The molecule has 4 aromatic rings. The molecule has 4 rings (SSSR count). The zero-order valence-electron chi connectivity index (χ0n) is 17.1. The smallest absolute Gasteiger partial charge is 0.173 e. The lowest BCUT2D eigenvalue weighted by molar-refractivity contribution is 0.879. The highest BCUT2D eigenvalue weighted by Gasteiger charge is 2.13. The lowest BCUT2D eigenvalue weighted by Gasteiger charge is -2.14. The van der Waals surface area contributed by atoms with Crippen molar-refractivity contribution in [2.24, 2.45) is 0 Å². The molecule has 0 saturated carbocycles. The monoisotopic (exact) mass is 420 g/mol. The van der Waals surface area contributed by atoms with Crippen molar-refractivity contribution in [3.8, 4) is 11.4 Å². The second-order valence-electron chi connectivity index (χ2n) is 7.05. The maximum absolute atomic E-state index is 4.59. The van der Waals surface area contributed by atoms with Gasteiger partial charge in [0.1, 0.15) is 0 Å². The Morgan fingerprint density at radius 1 is 0.655 bits per heavy atom. The van der Waals surface area contributed by atoms with Gasteiger partial charge in [-0.2, -0.15) is 0 Å². The number of para-hydroxylation sites is 2. The van der Waals surface area contributed by atoms with E-state index in [2.05, 4.69) is 83.2 Å². The van der Waals surface area contributed by atoms with E-state index in [1.54, 1.807) is 23.5 Å². The van der Waals surface area contributed by atoms with Gasteiger partial charge in [-0.15, -0.1) is 0 Å². The van der Waals surface area contributed by atoms with Crippen molar-refractivity contribution in [2.45, 2.75) is 38.0 Å². The summed E-state index contributed by atoms with van der Waals surface area (Å²) in [6.45, 7) is 8.58. The van der Waals surface area contributed by atoms with Crippen LogP contribution in [0.5, 0.6) is 0 Å². The summed E-state index contributed by atoms with van der Waals surface area (Å²) in [6, 6.07) is 12.8. The SMILES string of the molecule is Cc1cccc(C)c1-n1ccnc1SCSc1nccn1-c1c(C)cccc1C. The van der Waals surface area contributed by atoms with Crippen LogP contribution in [0.1, 0.15) is 22.3 Å². The molecular weight excluding hydrogens is 396 g/mol. The Balaban J connectivity index is 1.53. The number of rotatable bonds is 6. The van der Waals surface area contributed by atoms with Crippen molar-refractivity contribution in [2.75, 3.05) is 5.08 Å². The molecule has 0 aliphatic rings. The maximum atomic E-state index is 4.59. The van der Waals surface area contributed by atoms with Gasteiger partial charge >= 0.3 is 0 Å². The Hall–Kier alpha value is -2.44. The van der Waals surface area contributed by atoms with Crippen LogP contribution in [0.25, 0.3) is 11.4 Å². The molecule has 2 aromatic carbocycles. The van der Waals surface area contributed by atoms with Crippen LogP contribution in [0.3, 0.4) is 0 Å². The largest absolute Gasteiger partial charge is 0.294 e. The van der Waals surface area contributed by atoms with E-state index in [1.807, 2.05) is 24.8 Å². The Morgan fingerprint density at radius 2 is 1.03 bits per heavy atom. The van der Waals surface area contributed by atoms with E-state index in [9.17, 15) is 0 Å². The lowest BCUT2D eigenvalue weighted by atomic mass is 10.1. The van der Waals surface area contributed by atoms with E-state index < -0.39 is 0 Å². The molecule has 0 saturated heterocycles. The molecule has 2 heterocycles. The number of benzene rings is 2. The minimum Gasteiger partial charge on any atom is -0.294 e. The van der Waals surface area contributed by atoms with E-state index in [-0.39, 0.29) is 0 Å². The van der Waals surface area contributed by atoms with Crippen LogP contribution in [-0.2, 0) is 0 Å². The van der Waals surface area contributed by atoms with Crippen molar-refractivity contribution in [1.29, 1.82) is 0 Å². The average molecular weight is 421 g/mol. The number of aryl methyl sites for hydroxylation is 4. The standard InChI is InChI=1S/C23H24N4S2/c1-16-7-5-8-17(2)20(16)26-13-11-24-22(26)28-15-29-23-25-12-14-27(23)21-18(3)9-6-10-19(21)4/h5-14H,15H2,1-4H3. The topological polar surface area (TPSA) is 35.6 Å². The molecule has 0 amide bonds. The Bertz CT molecular complexity index is 1010. The summed E-state index contributed by atoms with van der Waals surface area (Å²) in [6.07, 6.45) is 7.83. The molecule has 0 bridgehead atoms. The van der Waals surface area contributed by atoms with Crippen LogP contribution in [0.2, 0.25) is 0 Å².